The fourth-order valence-corrected chi connectivity index (χ4v) is 4.88. The number of aryl methyl sites for hydroxylation is 1. The van der Waals surface area contributed by atoms with Crippen molar-refractivity contribution in [3.05, 3.63) is 108 Å². The molecule has 1 aromatic heterocycles. The fraction of sp³-hybridized carbons (Fsp3) is 0.267. The van der Waals surface area contributed by atoms with Crippen molar-refractivity contribution in [2.24, 2.45) is 0 Å². The Balaban J connectivity index is 1.63. The molecule has 0 aliphatic carbocycles. The maximum Gasteiger partial charge on any atom is 0.178 e. The predicted octanol–water partition coefficient (Wildman–Crippen LogP) is 7.29. The van der Waals surface area contributed by atoms with Crippen LogP contribution < -0.4 is 9.80 Å². The number of para-hydroxylation sites is 2. The van der Waals surface area contributed by atoms with Crippen molar-refractivity contribution in [3.63, 3.8) is 0 Å². The lowest BCUT2D eigenvalue weighted by molar-refractivity contribution is 0.293. The number of anilines is 4. The lowest BCUT2D eigenvalue weighted by atomic mass is 9.62. The summed E-state index contributed by atoms with van der Waals surface area (Å²) in [6, 6.07) is 29.5. The van der Waals surface area contributed by atoms with Crippen molar-refractivity contribution in [1.82, 2.24) is 9.97 Å². The van der Waals surface area contributed by atoms with E-state index in [0.29, 0.717) is 6.67 Å². The van der Waals surface area contributed by atoms with Crippen molar-refractivity contribution in [2.75, 3.05) is 16.5 Å². The van der Waals surface area contributed by atoms with Gasteiger partial charge in [0, 0.05) is 22.2 Å². The van der Waals surface area contributed by atoms with Gasteiger partial charge in [0.25, 0.3) is 0 Å². The summed E-state index contributed by atoms with van der Waals surface area (Å²) in [5, 5.41) is 0. The highest BCUT2D eigenvalue weighted by Crippen LogP contribution is 2.47. The van der Waals surface area contributed by atoms with Gasteiger partial charge in [-0.25, -0.2) is 9.97 Å². The zero-order chi connectivity index (χ0) is 23.9. The van der Waals surface area contributed by atoms with Gasteiger partial charge in [0.2, 0.25) is 0 Å². The zero-order valence-electron chi connectivity index (χ0n) is 20.7. The smallest absolute Gasteiger partial charge is 0.178 e. The third-order valence-corrected chi connectivity index (χ3v) is 7.69. The summed E-state index contributed by atoms with van der Waals surface area (Å²) in [6.07, 6.45) is 1.98. The number of rotatable bonds is 5. The normalized spacial score (nSPS) is 13.8. The molecule has 0 unspecified atom stereocenters. The molecule has 0 fully saturated rings. The van der Waals surface area contributed by atoms with E-state index in [4.69, 9.17) is 9.97 Å². The topological polar surface area (TPSA) is 32.3 Å². The highest BCUT2D eigenvalue weighted by molar-refractivity contribution is 5.81. The van der Waals surface area contributed by atoms with Gasteiger partial charge in [0.1, 0.15) is 6.67 Å². The largest absolute Gasteiger partial charge is 0.305 e. The summed E-state index contributed by atoms with van der Waals surface area (Å²) in [6.45, 7) is 12.1. The molecule has 4 nitrogen and oxygen atoms in total. The van der Waals surface area contributed by atoms with Crippen LogP contribution in [-0.2, 0) is 10.8 Å². The van der Waals surface area contributed by atoms with Crippen LogP contribution in [0, 0.1) is 6.92 Å². The molecule has 0 N–H and O–H groups in total. The Labute approximate surface area is 202 Å². The van der Waals surface area contributed by atoms with Crippen molar-refractivity contribution < 1.29 is 0 Å². The molecule has 0 radical (unpaired) electrons. The van der Waals surface area contributed by atoms with E-state index in [0.717, 1.165) is 28.7 Å². The molecule has 34 heavy (non-hydrogen) atoms. The van der Waals surface area contributed by atoms with E-state index in [1.165, 1.54) is 11.1 Å². The Bertz CT molecular complexity index is 1300. The highest BCUT2D eigenvalue weighted by atomic mass is 15.4. The minimum Gasteiger partial charge on any atom is -0.305 e. The van der Waals surface area contributed by atoms with Gasteiger partial charge in [-0.3, -0.25) is 0 Å². The van der Waals surface area contributed by atoms with Crippen LogP contribution in [0.4, 0.5) is 23.0 Å². The van der Waals surface area contributed by atoms with E-state index in [2.05, 4.69) is 117 Å². The molecule has 1 aliphatic rings. The second-order valence-electron chi connectivity index (χ2n) is 10.1. The summed E-state index contributed by atoms with van der Waals surface area (Å²) < 4.78 is 0. The van der Waals surface area contributed by atoms with Gasteiger partial charge in [-0.2, -0.15) is 0 Å². The quantitative estimate of drug-likeness (QED) is 0.321. The average Bonchev–Trinajstić information content (AvgIpc) is 3.24. The average molecular weight is 449 g/mol. The first-order valence-electron chi connectivity index (χ1n) is 11.9. The van der Waals surface area contributed by atoms with E-state index < -0.39 is 0 Å². The maximum absolute atomic E-state index is 5.30. The molecule has 0 saturated carbocycles. The molecule has 5 rings (SSSR count). The summed E-state index contributed by atoms with van der Waals surface area (Å²) in [7, 11) is 0. The SMILES string of the molecule is Cc1ccccc1C(C)(C)C(C)(C)c1cnc2c(n1)N(c1ccccc1)CN2c1ccccc1. The van der Waals surface area contributed by atoms with Gasteiger partial charge >= 0.3 is 0 Å². The molecule has 0 spiro atoms. The van der Waals surface area contributed by atoms with Gasteiger partial charge in [-0.05, 0) is 42.3 Å². The highest BCUT2D eigenvalue weighted by Gasteiger charge is 2.43. The monoisotopic (exact) mass is 448 g/mol. The molecule has 2 heterocycles. The van der Waals surface area contributed by atoms with Crippen LogP contribution in [0.2, 0.25) is 0 Å². The Morgan fingerprint density at radius 1 is 0.647 bits per heavy atom. The molecular weight excluding hydrogens is 416 g/mol. The van der Waals surface area contributed by atoms with Crippen molar-refractivity contribution >= 4 is 23.0 Å². The summed E-state index contributed by atoms with van der Waals surface area (Å²) in [4.78, 5) is 14.8. The molecule has 4 heteroatoms. The number of aromatic nitrogens is 2. The Hall–Kier alpha value is -3.66. The summed E-state index contributed by atoms with van der Waals surface area (Å²) >= 11 is 0. The van der Waals surface area contributed by atoms with Crippen LogP contribution >= 0.6 is 0 Å². The standard InChI is InChI=1S/C30H32N4/c1-22-14-12-13-19-25(22)29(2,3)30(4,5)26-20-31-27-28(32-26)34(24-17-10-7-11-18-24)21-33(27)23-15-8-6-9-16-23/h6-20H,21H2,1-5H3. The van der Waals surface area contributed by atoms with Crippen molar-refractivity contribution in [1.29, 1.82) is 0 Å². The number of hydrogen-bond acceptors (Lipinski definition) is 4. The predicted molar refractivity (Wildman–Crippen MR) is 141 cm³/mol. The lowest BCUT2D eigenvalue weighted by Crippen LogP contribution is -2.41. The van der Waals surface area contributed by atoms with E-state index in [1.54, 1.807) is 0 Å². The van der Waals surface area contributed by atoms with Crippen LogP contribution in [0.15, 0.2) is 91.1 Å². The third-order valence-electron chi connectivity index (χ3n) is 7.69. The van der Waals surface area contributed by atoms with E-state index in [9.17, 15) is 0 Å². The Morgan fingerprint density at radius 2 is 1.18 bits per heavy atom. The molecule has 0 saturated heterocycles. The van der Waals surface area contributed by atoms with Crippen LogP contribution in [-0.4, -0.2) is 16.6 Å². The van der Waals surface area contributed by atoms with Crippen LogP contribution in [0.25, 0.3) is 0 Å². The van der Waals surface area contributed by atoms with Gasteiger partial charge in [0.15, 0.2) is 11.6 Å². The molecule has 1 aliphatic heterocycles. The minimum atomic E-state index is -0.246. The first kappa shape index (κ1) is 22.1. The number of benzene rings is 3. The Morgan fingerprint density at radius 3 is 1.76 bits per heavy atom. The number of hydrogen-bond donors (Lipinski definition) is 0. The molecule has 172 valence electrons. The lowest BCUT2D eigenvalue weighted by Gasteiger charge is -2.42. The number of nitrogens with zero attached hydrogens (tertiary/aromatic N) is 4. The number of fused-ring (bicyclic) bond motifs is 1. The summed E-state index contributed by atoms with van der Waals surface area (Å²) in [5.41, 5.74) is 5.48. The van der Waals surface area contributed by atoms with E-state index in [-0.39, 0.29) is 10.8 Å². The van der Waals surface area contributed by atoms with Crippen LogP contribution in [0.5, 0.6) is 0 Å². The van der Waals surface area contributed by atoms with Gasteiger partial charge < -0.3 is 9.80 Å². The van der Waals surface area contributed by atoms with Gasteiger partial charge in [-0.1, -0.05) is 88.4 Å². The fourth-order valence-electron chi connectivity index (χ4n) is 4.88. The van der Waals surface area contributed by atoms with Crippen LogP contribution in [0.1, 0.15) is 44.5 Å². The molecule has 3 aromatic carbocycles. The van der Waals surface area contributed by atoms with Gasteiger partial charge in [0.05, 0.1) is 11.9 Å². The van der Waals surface area contributed by atoms with Crippen molar-refractivity contribution in [3.8, 4) is 0 Å². The van der Waals surface area contributed by atoms with Crippen LogP contribution in [0.3, 0.4) is 0 Å². The second-order valence-corrected chi connectivity index (χ2v) is 10.1. The third kappa shape index (κ3) is 3.54. The first-order chi connectivity index (χ1) is 16.3. The van der Waals surface area contributed by atoms with Gasteiger partial charge in [-0.15, -0.1) is 0 Å². The Kier molecular flexibility index (Phi) is 5.40. The second kappa shape index (κ2) is 8.28. The molecule has 0 atom stereocenters. The molecule has 4 aromatic rings. The van der Waals surface area contributed by atoms with E-state index >= 15 is 0 Å². The minimum absolute atomic E-state index is 0.142. The van der Waals surface area contributed by atoms with E-state index in [1.807, 2.05) is 18.3 Å². The molecule has 0 bridgehead atoms. The molecule has 0 amide bonds. The van der Waals surface area contributed by atoms with Crippen molar-refractivity contribution in [2.45, 2.75) is 45.4 Å². The zero-order valence-corrected chi connectivity index (χ0v) is 20.7. The maximum atomic E-state index is 5.30. The first-order valence-corrected chi connectivity index (χ1v) is 11.9. The molecular formula is C30H32N4. The summed E-state index contributed by atoms with van der Waals surface area (Å²) in [5.74, 6) is 1.80.